The highest BCUT2D eigenvalue weighted by molar-refractivity contribution is 8.14. The standard InChI is InChI=1S/C13H9ClO2S2/c14-18(15,16)12-7-3-5-10-8-9-4-1-2-6-11(9)17-13(10)12/h1-7H,8H2. The molecule has 2 nitrogen and oxygen atoms in total. The fourth-order valence-electron chi connectivity index (χ4n) is 2.07. The third kappa shape index (κ3) is 2.05. The molecule has 0 N–H and O–H groups in total. The summed E-state index contributed by atoms with van der Waals surface area (Å²) in [5.74, 6) is 0. The summed E-state index contributed by atoms with van der Waals surface area (Å²) in [5.41, 5.74) is 2.24. The van der Waals surface area contributed by atoms with Crippen LogP contribution in [0.4, 0.5) is 0 Å². The van der Waals surface area contributed by atoms with E-state index in [4.69, 9.17) is 10.7 Å². The molecule has 2 aromatic carbocycles. The first-order valence-corrected chi connectivity index (χ1v) is 8.50. The molecule has 0 aromatic heterocycles. The van der Waals surface area contributed by atoms with Gasteiger partial charge in [0.1, 0.15) is 0 Å². The summed E-state index contributed by atoms with van der Waals surface area (Å²) in [4.78, 5) is 2.06. The second kappa shape index (κ2) is 4.30. The maximum absolute atomic E-state index is 11.6. The quantitative estimate of drug-likeness (QED) is 0.643. The largest absolute Gasteiger partial charge is 0.262 e. The predicted molar refractivity (Wildman–Crippen MR) is 72.9 cm³/mol. The lowest BCUT2D eigenvalue weighted by molar-refractivity contribution is 0.607. The number of rotatable bonds is 1. The molecule has 3 rings (SSSR count). The SMILES string of the molecule is O=S(=O)(Cl)c1cccc2c1Sc1ccccc1C2. The third-order valence-electron chi connectivity index (χ3n) is 2.89. The van der Waals surface area contributed by atoms with Crippen molar-refractivity contribution in [2.24, 2.45) is 0 Å². The molecule has 1 aliphatic rings. The number of benzene rings is 2. The Morgan fingerprint density at radius 2 is 1.72 bits per heavy atom. The molecule has 0 fully saturated rings. The Labute approximate surface area is 114 Å². The fourth-order valence-corrected chi connectivity index (χ4v) is 4.72. The molecule has 0 spiro atoms. The summed E-state index contributed by atoms with van der Waals surface area (Å²) in [7, 11) is 1.79. The zero-order valence-corrected chi connectivity index (χ0v) is 11.6. The Balaban J connectivity index is 2.20. The van der Waals surface area contributed by atoms with Crippen molar-refractivity contribution in [3.8, 4) is 0 Å². The fraction of sp³-hybridized carbons (Fsp3) is 0.0769. The van der Waals surface area contributed by atoms with Crippen molar-refractivity contribution < 1.29 is 8.42 Å². The Hall–Kier alpha value is -0.970. The van der Waals surface area contributed by atoms with Crippen LogP contribution in [0.5, 0.6) is 0 Å². The zero-order valence-electron chi connectivity index (χ0n) is 9.26. The molecule has 0 amide bonds. The van der Waals surface area contributed by atoms with Crippen LogP contribution in [0, 0.1) is 0 Å². The number of hydrogen-bond donors (Lipinski definition) is 0. The Morgan fingerprint density at radius 3 is 2.50 bits per heavy atom. The maximum Gasteiger partial charge on any atom is 0.262 e. The summed E-state index contributed by atoms with van der Waals surface area (Å²) >= 11 is 1.47. The van der Waals surface area contributed by atoms with E-state index in [0.717, 1.165) is 21.8 Å². The summed E-state index contributed by atoms with van der Waals surface area (Å²) in [6, 6.07) is 13.3. The van der Waals surface area contributed by atoms with Crippen LogP contribution in [-0.2, 0) is 15.5 Å². The van der Waals surface area contributed by atoms with E-state index in [-0.39, 0.29) is 4.90 Å². The third-order valence-corrected chi connectivity index (χ3v) is 5.69. The van der Waals surface area contributed by atoms with Crippen LogP contribution in [0.25, 0.3) is 0 Å². The van der Waals surface area contributed by atoms with E-state index in [0.29, 0.717) is 0 Å². The summed E-state index contributed by atoms with van der Waals surface area (Å²) in [6.07, 6.45) is 0.749. The van der Waals surface area contributed by atoms with Crippen LogP contribution in [0.1, 0.15) is 11.1 Å². The van der Waals surface area contributed by atoms with Crippen LogP contribution in [0.3, 0.4) is 0 Å². The van der Waals surface area contributed by atoms with E-state index in [1.54, 1.807) is 12.1 Å². The lowest BCUT2D eigenvalue weighted by atomic mass is 10.0. The molecule has 0 unspecified atom stereocenters. The lowest BCUT2D eigenvalue weighted by Gasteiger charge is -2.20. The van der Waals surface area contributed by atoms with Crippen LogP contribution >= 0.6 is 22.4 Å². The Bertz CT molecular complexity index is 724. The minimum Gasteiger partial charge on any atom is -0.207 e. The number of fused-ring (bicyclic) bond motifs is 2. The second-order valence-electron chi connectivity index (χ2n) is 4.07. The van der Waals surface area contributed by atoms with E-state index >= 15 is 0 Å². The topological polar surface area (TPSA) is 34.1 Å². The number of halogens is 1. The summed E-state index contributed by atoms with van der Waals surface area (Å²) in [5, 5.41) is 0. The van der Waals surface area contributed by atoms with Crippen molar-refractivity contribution in [2.45, 2.75) is 21.1 Å². The average molecular weight is 297 g/mol. The van der Waals surface area contributed by atoms with Gasteiger partial charge in [0.2, 0.25) is 0 Å². The highest BCUT2D eigenvalue weighted by Crippen LogP contribution is 2.43. The normalized spacial score (nSPS) is 13.8. The second-order valence-corrected chi connectivity index (χ2v) is 7.66. The van der Waals surface area contributed by atoms with Gasteiger partial charge in [-0.25, -0.2) is 8.42 Å². The maximum atomic E-state index is 11.6. The van der Waals surface area contributed by atoms with Gasteiger partial charge in [-0.2, -0.15) is 0 Å². The zero-order chi connectivity index (χ0) is 12.8. The van der Waals surface area contributed by atoms with Gasteiger partial charge >= 0.3 is 0 Å². The van der Waals surface area contributed by atoms with Gasteiger partial charge in [0.25, 0.3) is 9.05 Å². The molecule has 0 aliphatic carbocycles. The van der Waals surface area contributed by atoms with Gasteiger partial charge < -0.3 is 0 Å². The van der Waals surface area contributed by atoms with Crippen molar-refractivity contribution in [3.05, 3.63) is 53.6 Å². The van der Waals surface area contributed by atoms with Gasteiger partial charge in [-0.3, -0.25) is 0 Å². The van der Waals surface area contributed by atoms with Crippen molar-refractivity contribution in [1.82, 2.24) is 0 Å². The van der Waals surface area contributed by atoms with Gasteiger partial charge in [-0.1, -0.05) is 42.1 Å². The van der Waals surface area contributed by atoms with Crippen LogP contribution < -0.4 is 0 Å². The minimum atomic E-state index is -3.70. The summed E-state index contributed by atoms with van der Waals surface area (Å²) in [6.45, 7) is 0. The number of hydrogen-bond acceptors (Lipinski definition) is 3. The van der Waals surface area contributed by atoms with Crippen LogP contribution in [-0.4, -0.2) is 8.42 Å². The Morgan fingerprint density at radius 1 is 1.00 bits per heavy atom. The smallest absolute Gasteiger partial charge is 0.207 e. The highest BCUT2D eigenvalue weighted by atomic mass is 35.7. The molecular weight excluding hydrogens is 288 g/mol. The van der Waals surface area contributed by atoms with Gasteiger partial charge in [-0.15, -0.1) is 0 Å². The predicted octanol–water partition coefficient (Wildman–Crippen LogP) is 3.67. The molecule has 5 heteroatoms. The van der Waals surface area contributed by atoms with E-state index in [2.05, 4.69) is 6.07 Å². The van der Waals surface area contributed by atoms with E-state index < -0.39 is 9.05 Å². The molecule has 1 aliphatic heterocycles. The average Bonchev–Trinajstić information content (AvgIpc) is 2.34. The molecule has 0 saturated heterocycles. The first-order valence-electron chi connectivity index (χ1n) is 5.38. The Kier molecular flexibility index (Phi) is 2.88. The molecule has 0 saturated carbocycles. The van der Waals surface area contributed by atoms with Gasteiger partial charge in [0, 0.05) is 20.5 Å². The molecule has 18 heavy (non-hydrogen) atoms. The van der Waals surface area contributed by atoms with Gasteiger partial charge in [0.15, 0.2) is 0 Å². The van der Waals surface area contributed by atoms with Gasteiger partial charge in [0.05, 0.1) is 4.90 Å². The van der Waals surface area contributed by atoms with Crippen LogP contribution in [0.15, 0.2) is 57.2 Å². The van der Waals surface area contributed by atoms with Crippen molar-refractivity contribution >= 4 is 31.5 Å². The van der Waals surface area contributed by atoms with Crippen molar-refractivity contribution in [1.29, 1.82) is 0 Å². The molecule has 0 bridgehead atoms. The van der Waals surface area contributed by atoms with E-state index in [9.17, 15) is 8.42 Å². The van der Waals surface area contributed by atoms with E-state index in [1.807, 2.05) is 24.3 Å². The minimum absolute atomic E-state index is 0.209. The van der Waals surface area contributed by atoms with E-state index in [1.165, 1.54) is 17.3 Å². The lowest BCUT2D eigenvalue weighted by Crippen LogP contribution is -2.03. The molecular formula is C13H9ClO2S2. The van der Waals surface area contributed by atoms with Crippen molar-refractivity contribution in [2.75, 3.05) is 0 Å². The molecule has 0 radical (unpaired) electrons. The molecule has 92 valence electrons. The first kappa shape index (κ1) is 12.1. The van der Waals surface area contributed by atoms with Crippen LogP contribution in [0.2, 0.25) is 0 Å². The monoisotopic (exact) mass is 296 g/mol. The molecule has 0 atom stereocenters. The van der Waals surface area contributed by atoms with Crippen molar-refractivity contribution in [3.63, 3.8) is 0 Å². The molecule has 2 aromatic rings. The van der Waals surface area contributed by atoms with Gasteiger partial charge in [-0.05, 0) is 29.7 Å². The first-order chi connectivity index (χ1) is 8.55. The highest BCUT2D eigenvalue weighted by Gasteiger charge is 2.23. The molecule has 1 heterocycles. The summed E-state index contributed by atoms with van der Waals surface area (Å²) < 4.78 is 23.1.